The maximum atomic E-state index is 14.8. The molecule has 7 aromatic rings. The molecule has 8 rings (SSSR count). The van der Waals surface area contributed by atoms with Crippen LogP contribution in [0.3, 0.4) is 0 Å². The summed E-state index contributed by atoms with van der Waals surface area (Å²) in [6, 6.07) is 37.6. The Hall–Kier alpha value is -4.93. The van der Waals surface area contributed by atoms with Crippen molar-refractivity contribution < 1.29 is 18.6 Å². The van der Waals surface area contributed by atoms with Crippen LogP contribution in [0.4, 0.5) is 4.39 Å². The van der Waals surface area contributed by atoms with Gasteiger partial charge >= 0.3 is 0 Å². The topological polar surface area (TPSA) is 65.5 Å². The Bertz CT molecular complexity index is 2120. The Labute approximate surface area is 298 Å². The molecule has 3 aromatic heterocycles. The van der Waals surface area contributed by atoms with E-state index < -0.39 is 5.60 Å². The predicted molar refractivity (Wildman–Crippen MR) is 199 cm³/mol. The minimum atomic E-state index is -1.04. The summed E-state index contributed by atoms with van der Waals surface area (Å²) in [4.78, 5) is 11.8. The highest BCUT2D eigenvalue weighted by molar-refractivity contribution is 7.18. The Kier molecular flexibility index (Phi) is 9.12. The number of benzene rings is 4. The molecule has 0 bridgehead atoms. The fourth-order valence-electron chi connectivity index (χ4n) is 6.60. The van der Waals surface area contributed by atoms with Gasteiger partial charge in [-0.15, -0.1) is 22.7 Å². The van der Waals surface area contributed by atoms with Gasteiger partial charge in [-0.3, -0.25) is 0 Å². The second kappa shape index (κ2) is 14.1. The van der Waals surface area contributed by atoms with Crippen LogP contribution in [0.15, 0.2) is 121 Å². The number of rotatable bonds is 11. The molecule has 1 aliphatic heterocycles. The molecule has 0 saturated carbocycles. The van der Waals surface area contributed by atoms with Gasteiger partial charge in [0.1, 0.15) is 28.9 Å². The van der Waals surface area contributed by atoms with E-state index in [1.165, 1.54) is 17.0 Å². The maximum absolute atomic E-state index is 14.8. The number of hydrogen-bond donors (Lipinski definition) is 1. The number of hydrogen-bond acceptors (Lipinski definition) is 8. The largest absolute Gasteiger partial charge is 0.490 e. The van der Waals surface area contributed by atoms with Crippen molar-refractivity contribution >= 4 is 32.8 Å². The quantitative estimate of drug-likeness (QED) is 0.107. The molecule has 0 amide bonds. The monoisotopic (exact) mass is 699 g/mol. The van der Waals surface area contributed by atoms with E-state index in [1.807, 2.05) is 66.0 Å². The standard InChI is InChI=1S/C41H34FN3O3S2/c1-46-22-23-47-34-25-30(42)17-18-31(34)36-37(40-44-33-19-21-43-26-35(33)50-40)45-39(32-20-24-49-38(32)36)48-41(27-11-5-2-6-12-27,28-13-7-3-8-14-28)29-15-9-4-10-16-29/h2-18,20,24-25,43H,19,21-23,26H2,1H3. The van der Waals surface area contributed by atoms with E-state index in [4.69, 9.17) is 24.2 Å². The minimum absolute atomic E-state index is 0.273. The van der Waals surface area contributed by atoms with Gasteiger partial charge < -0.3 is 19.5 Å². The highest BCUT2D eigenvalue weighted by Crippen LogP contribution is 2.49. The van der Waals surface area contributed by atoms with Crippen LogP contribution in [0.25, 0.3) is 31.9 Å². The number of halogens is 1. The summed E-state index contributed by atoms with van der Waals surface area (Å²) in [6.45, 7) is 2.27. The number of fused-ring (bicyclic) bond motifs is 2. The van der Waals surface area contributed by atoms with Gasteiger partial charge in [0.2, 0.25) is 5.88 Å². The lowest BCUT2D eigenvalue weighted by Gasteiger charge is -2.36. The van der Waals surface area contributed by atoms with E-state index in [-0.39, 0.29) is 12.4 Å². The van der Waals surface area contributed by atoms with E-state index in [9.17, 15) is 4.39 Å². The summed E-state index contributed by atoms with van der Waals surface area (Å²) in [5.41, 5.74) is 5.17. The van der Waals surface area contributed by atoms with Gasteiger partial charge in [0.15, 0.2) is 5.60 Å². The van der Waals surface area contributed by atoms with Crippen LogP contribution >= 0.6 is 22.7 Å². The van der Waals surface area contributed by atoms with Crippen molar-refractivity contribution in [2.24, 2.45) is 0 Å². The molecule has 0 aliphatic carbocycles. The second-order valence-corrected chi connectivity index (χ2v) is 14.0. The molecule has 0 fully saturated rings. The van der Waals surface area contributed by atoms with Gasteiger partial charge in [-0.05, 0) is 23.6 Å². The molecular formula is C41H34FN3O3S2. The molecule has 0 spiro atoms. The molecule has 50 heavy (non-hydrogen) atoms. The molecule has 250 valence electrons. The lowest BCUT2D eigenvalue weighted by Crippen LogP contribution is -2.36. The first kappa shape index (κ1) is 32.3. The zero-order chi connectivity index (χ0) is 33.9. The van der Waals surface area contributed by atoms with Crippen LogP contribution in [0.2, 0.25) is 0 Å². The summed E-state index contributed by atoms with van der Waals surface area (Å²) < 4.78 is 34.6. The van der Waals surface area contributed by atoms with E-state index in [0.717, 1.165) is 68.1 Å². The zero-order valence-electron chi connectivity index (χ0n) is 27.4. The van der Waals surface area contributed by atoms with Crippen molar-refractivity contribution in [1.82, 2.24) is 15.3 Å². The first-order valence-electron chi connectivity index (χ1n) is 16.5. The molecule has 1 N–H and O–H groups in total. The fourth-order valence-corrected chi connectivity index (χ4v) is 8.62. The zero-order valence-corrected chi connectivity index (χ0v) is 29.0. The molecule has 6 nitrogen and oxygen atoms in total. The fraction of sp³-hybridized carbons (Fsp3) is 0.171. The normalized spacial score (nSPS) is 12.9. The maximum Gasteiger partial charge on any atom is 0.224 e. The number of thiazole rings is 1. The molecule has 4 heterocycles. The number of pyridine rings is 1. The highest BCUT2D eigenvalue weighted by atomic mass is 32.1. The number of thiophene rings is 1. The lowest BCUT2D eigenvalue weighted by atomic mass is 9.80. The van der Waals surface area contributed by atoms with Crippen LogP contribution < -0.4 is 14.8 Å². The van der Waals surface area contributed by atoms with Crippen LogP contribution in [0.5, 0.6) is 11.6 Å². The molecule has 0 unspecified atom stereocenters. The smallest absolute Gasteiger partial charge is 0.224 e. The summed E-state index contributed by atoms with van der Waals surface area (Å²) in [6.07, 6.45) is 0.840. The third-order valence-corrected chi connectivity index (χ3v) is 11.0. The van der Waals surface area contributed by atoms with Crippen LogP contribution in [-0.4, -0.2) is 36.8 Å². The van der Waals surface area contributed by atoms with Crippen molar-refractivity contribution in [3.63, 3.8) is 0 Å². The Balaban J connectivity index is 1.41. The van der Waals surface area contributed by atoms with Crippen molar-refractivity contribution in [1.29, 1.82) is 0 Å². The number of ether oxygens (including phenoxy) is 3. The summed E-state index contributed by atoms with van der Waals surface area (Å²) in [7, 11) is 1.62. The van der Waals surface area contributed by atoms with Gasteiger partial charge in [-0.1, -0.05) is 91.0 Å². The van der Waals surface area contributed by atoms with Gasteiger partial charge in [0.05, 0.1) is 17.7 Å². The number of methoxy groups -OCH3 is 1. The third kappa shape index (κ3) is 5.96. The van der Waals surface area contributed by atoms with Gasteiger partial charge in [0.25, 0.3) is 0 Å². The van der Waals surface area contributed by atoms with E-state index in [2.05, 4.69) is 41.7 Å². The SMILES string of the molecule is COCCOc1cc(F)ccc1-c1c(-c2nc3c(s2)CNCC3)nc(OC(c2ccccc2)(c2ccccc2)c2ccccc2)c2ccsc12. The first-order chi connectivity index (χ1) is 24.7. The summed E-state index contributed by atoms with van der Waals surface area (Å²) in [5, 5.41) is 7.15. The van der Waals surface area contributed by atoms with Gasteiger partial charge in [-0.25, -0.2) is 14.4 Å². The van der Waals surface area contributed by atoms with Crippen LogP contribution in [0, 0.1) is 5.82 Å². The van der Waals surface area contributed by atoms with Crippen molar-refractivity contribution in [2.45, 2.75) is 18.6 Å². The molecule has 0 atom stereocenters. The summed E-state index contributed by atoms with van der Waals surface area (Å²) in [5.74, 6) is 0.516. The Morgan fingerprint density at radius 1 is 0.820 bits per heavy atom. The molecule has 0 radical (unpaired) electrons. The highest BCUT2D eigenvalue weighted by Gasteiger charge is 2.40. The minimum Gasteiger partial charge on any atom is -0.490 e. The number of aromatic nitrogens is 2. The number of nitrogens with one attached hydrogen (secondary N) is 1. The molecule has 4 aromatic carbocycles. The third-order valence-electron chi connectivity index (χ3n) is 8.93. The first-order valence-corrected chi connectivity index (χ1v) is 18.2. The number of nitrogens with zero attached hydrogens (tertiary/aromatic N) is 2. The average molecular weight is 700 g/mol. The van der Waals surface area contributed by atoms with E-state index >= 15 is 0 Å². The van der Waals surface area contributed by atoms with Crippen LogP contribution in [-0.2, 0) is 23.3 Å². The van der Waals surface area contributed by atoms with E-state index in [1.54, 1.807) is 35.8 Å². The van der Waals surface area contributed by atoms with Crippen molar-refractivity contribution in [3.05, 3.63) is 154 Å². The Morgan fingerprint density at radius 3 is 2.14 bits per heavy atom. The second-order valence-electron chi connectivity index (χ2n) is 12.0. The lowest BCUT2D eigenvalue weighted by molar-refractivity contribution is 0.146. The molecule has 0 saturated heterocycles. The summed E-state index contributed by atoms with van der Waals surface area (Å²) >= 11 is 3.22. The molecular weight excluding hydrogens is 666 g/mol. The van der Waals surface area contributed by atoms with Gasteiger partial charge in [0, 0.05) is 70.1 Å². The predicted octanol–water partition coefficient (Wildman–Crippen LogP) is 9.27. The molecule has 9 heteroatoms. The molecule has 1 aliphatic rings. The van der Waals surface area contributed by atoms with Crippen LogP contribution in [0.1, 0.15) is 27.3 Å². The van der Waals surface area contributed by atoms with E-state index in [0.29, 0.717) is 23.9 Å². The average Bonchev–Trinajstić information content (AvgIpc) is 3.84. The van der Waals surface area contributed by atoms with Crippen molar-refractivity contribution in [2.75, 3.05) is 26.9 Å². The Morgan fingerprint density at radius 2 is 1.50 bits per heavy atom. The van der Waals surface area contributed by atoms with Crippen molar-refractivity contribution in [3.8, 4) is 33.5 Å². The van der Waals surface area contributed by atoms with Gasteiger partial charge in [-0.2, -0.15) is 0 Å².